The van der Waals surface area contributed by atoms with Gasteiger partial charge in [-0.15, -0.1) is 0 Å². The summed E-state index contributed by atoms with van der Waals surface area (Å²) in [5.74, 6) is 0. The lowest BCUT2D eigenvalue weighted by Gasteiger charge is -2.12. The zero-order valence-corrected chi connectivity index (χ0v) is 9.61. The molecule has 2 N–H and O–H groups in total. The first-order valence-corrected chi connectivity index (χ1v) is 5.60. The fourth-order valence-corrected chi connectivity index (χ4v) is 1.36. The summed E-state index contributed by atoms with van der Waals surface area (Å²) >= 11 is 0. The second-order valence-electron chi connectivity index (χ2n) is 3.64. The van der Waals surface area contributed by atoms with E-state index in [9.17, 15) is 0 Å². The van der Waals surface area contributed by atoms with Gasteiger partial charge in [0.1, 0.15) is 12.7 Å². The Bertz CT molecular complexity index is 234. The third-order valence-electron chi connectivity index (χ3n) is 2.29. The Hall–Kier alpha value is -0.940. The summed E-state index contributed by atoms with van der Waals surface area (Å²) in [7, 11) is 0. The van der Waals surface area contributed by atoms with E-state index in [1.807, 2.05) is 4.68 Å². The van der Waals surface area contributed by atoms with Crippen LogP contribution in [0.25, 0.3) is 0 Å². The predicted molar refractivity (Wildman–Crippen MR) is 60.8 cm³/mol. The van der Waals surface area contributed by atoms with E-state index < -0.39 is 0 Å². The van der Waals surface area contributed by atoms with Gasteiger partial charge in [0.2, 0.25) is 0 Å². The van der Waals surface area contributed by atoms with Crippen LogP contribution < -0.4 is 10.6 Å². The Labute approximate surface area is 91.3 Å². The van der Waals surface area contributed by atoms with Gasteiger partial charge in [-0.05, 0) is 33.0 Å². The van der Waals surface area contributed by atoms with Crippen molar-refractivity contribution in [3.05, 3.63) is 12.7 Å². The molecule has 0 saturated carbocycles. The van der Waals surface area contributed by atoms with E-state index in [0.29, 0.717) is 6.04 Å². The molecule has 1 atom stereocenters. The molecule has 1 unspecified atom stereocenters. The van der Waals surface area contributed by atoms with Gasteiger partial charge < -0.3 is 10.6 Å². The topological polar surface area (TPSA) is 54.8 Å². The molecule has 0 aromatic carbocycles. The summed E-state index contributed by atoms with van der Waals surface area (Å²) in [6.07, 6.45) is 4.49. The van der Waals surface area contributed by atoms with E-state index >= 15 is 0 Å². The average Bonchev–Trinajstić information content (AvgIpc) is 2.76. The van der Waals surface area contributed by atoms with Crippen LogP contribution in [-0.2, 0) is 0 Å². The van der Waals surface area contributed by atoms with Crippen molar-refractivity contribution in [2.75, 3.05) is 26.2 Å². The monoisotopic (exact) mass is 211 g/mol. The minimum absolute atomic E-state index is 0.367. The molecule has 5 nitrogen and oxygen atoms in total. The fourth-order valence-electron chi connectivity index (χ4n) is 1.36. The molecule has 1 rings (SSSR count). The smallest absolute Gasteiger partial charge is 0.137 e. The molecule has 0 amide bonds. The standard InChI is InChI=1S/C10H21N5/c1-3-11-5-4-6-12-7-10(2)15-9-13-8-14-15/h8-12H,3-7H2,1-2H3. The molecule has 0 aliphatic carbocycles. The highest BCUT2D eigenvalue weighted by Gasteiger charge is 2.02. The number of rotatable bonds is 8. The molecule has 1 heterocycles. The third kappa shape index (κ3) is 4.90. The molecule has 0 aliphatic heterocycles. The van der Waals surface area contributed by atoms with Gasteiger partial charge in [-0.1, -0.05) is 6.92 Å². The summed E-state index contributed by atoms with van der Waals surface area (Å²) in [4.78, 5) is 3.93. The molecule has 86 valence electrons. The summed E-state index contributed by atoms with van der Waals surface area (Å²) in [6.45, 7) is 8.38. The van der Waals surface area contributed by atoms with Crippen LogP contribution in [0.15, 0.2) is 12.7 Å². The molecule has 5 heteroatoms. The molecule has 0 fully saturated rings. The van der Waals surface area contributed by atoms with Gasteiger partial charge in [0.25, 0.3) is 0 Å². The van der Waals surface area contributed by atoms with E-state index in [0.717, 1.165) is 32.6 Å². The molecule has 1 aromatic heterocycles. The van der Waals surface area contributed by atoms with Crippen molar-refractivity contribution < 1.29 is 0 Å². The molecule has 0 aliphatic rings. The van der Waals surface area contributed by atoms with Gasteiger partial charge in [-0.2, -0.15) is 5.10 Å². The molecule has 0 radical (unpaired) electrons. The molecule has 0 bridgehead atoms. The van der Waals surface area contributed by atoms with Gasteiger partial charge in [-0.25, -0.2) is 9.67 Å². The van der Waals surface area contributed by atoms with E-state index in [1.165, 1.54) is 0 Å². The number of hydrogen-bond acceptors (Lipinski definition) is 4. The van der Waals surface area contributed by atoms with Crippen LogP contribution in [0.4, 0.5) is 0 Å². The summed E-state index contributed by atoms with van der Waals surface area (Å²) in [6, 6.07) is 0.367. The van der Waals surface area contributed by atoms with Crippen LogP contribution in [0.5, 0.6) is 0 Å². The number of aromatic nitrogens is 3. The maximum atomic E-state index is 4.10. The Balaban J connectivity index is 2.00. The maximum absolute atomic E-state index is 4.10. The fraction of sp³-hybridized carbons (Fsp3) is 0.800. The van der Waals surface area contributed by atoms with Crippen LogP contribution >= 0.6 is 0 Å². The second-order valence-corrected chi connectivity index (χ2v) is 3.64. The maximum Gasteiger partial charge on any atom is 0.137 e. The lowest BCUT2D eigenvalue weighted by Crippen LogP contribution is -2.27. The highest BCUT2D eigenvalue weighted by Crippen LogP contribution is 1.98. The van der Waals surface area contributed by atoms with Crippen LogP contribution in [0.3, 0.4) is 0 Å². The Kier molecular flexibility index (Phi) is 5.96. The van der Waals surface area contributed by atoms with E-state index in [2.05, 4.69) is 34.6 Å². The van der Waals surface area contributed by atoms with Crippen LogP contribution in [0.1, 0.15) is 26.3 Å². The molecule has 0 saturated heterocycles. The van der Waals surface area contributed by atoms with Gasteiger partial charge in [0.05, 0.1) is 6.04 Å². The minimum Gasteiger partial charge on any atom is -0.317 e. The highest BCUT2D eigenvalue weighted by molar-refractivity contribution is 4.66. The lowest BCUT2D eigenvalue weighted by molar-refractivity contribution is 0.449. The molecule has 0 spiro atoms. The molecule has 15 heavy (non-hydrogen) atoms. The Morgan fingerprint density at radius 1 is 1.33 bits per heavy atom. The van der Waals surface area contributed by atoms with Gasteiger partial charge in [-0.3, -0.25) is 0 Å². The van der Waals surface area contributed by atoms with Crippen LogP contribution in [0, 0.1) is 0 Å². The first-order valence-electron chi connectivity index (χ1n) is 5.60. The van der Waals surface area contributed by atoms with E-state index in [1.54, 1.807) is 12.7 Å². The van der Waals surface area contributed by atoms with Crippen molar-refractivity contribution >= 4 is 0 Å². The summed E-state index contributed by atoms with van der Waals surface area (Å²) in [5.41, 5.74) is 0. The quantitative estimate of drug-likeness (QED) is 0.612. The largest absolute Gasteiger partial charge is 0.317 e. The average molecular weight is 211 g/mol. The minimum atomic E-state index is 0.367. The summed E-state index contributed by atoms with van der Waals surface area (Å²) < 4.78 is 1.87. The van der Waals surface area contributed by atoms with E-state index in [4.69, 9.17) is 0 Å². The van der Waals surface area contributed by atoms with Gasteiger partial charge in [0, 0.05) is 6.54 Å². The summed E-state index contributed by atoms with van der Waals surface area (Å²) in [5, 5.41) is 10.8. The van der Waals surface area contributed by atoms with Crippen LogP contribution in [-0.4, -0.2) is 40.9 Å². The Morgan fingerprint density at radius 2 is 2.13 bits per heavy atom. The number of nitrogens with one attached hydrogen (secondary N) is 2. The predicted octanol–water partition coefficient (Wildman–Crippen LogP) is 0.428. The molecular formula is C10H21N5. The van der Waals surface area contributed by atoms with Crippen LogP contribution in [0.2, 0.25) is 0 Å². The first kappa shape index (κ1) is 12.1. The van der Waals surface area contributed by atoms with Crippen molar-refractivity contribution in [1.29, 1.82) is 0 Å². The zero-order chi connectivity index (χ0) is 10.9. The first-order chi connectivity index (χ1) is 7.34. The number of nitrogens with zero attached hydrogens (tertiary/aromatic N) is 3. The van der Waals surface area contributed by atoms with Crippen molar-refractivity contribution in [3.63, 3.8) is 0 Å². The Morgan fingerprint density at radius 3 is 2.80 bits per heavy atom. The van der Waals surface area contributed by atoms with Gasteiger partial charge in [0.15, 0.2) is 0 Å². The zero-order valence-electron chi connectivity index (χ0n) is 9.61. The lowest BCUT2D eigenvalue weighted by atomic mass is 10.3. The van der Waals surface area contributed by atoms with E-state index in [-0.39, 0.29) is 0 Å². The van der Waals surface area contributed by atoms with Gasteiger partial charge >= 0.3 is 0 Å². The third-order valence-corrected chi connectivity index (χ3v) is 2.29. The SMILES string of the molecule is CCNCCCNCC(C)n1cncn1. The van der Waals surface area contributed by atoms with Crippen molar-refractivity contribution in [2.24, 2.45) is 0 Å². The van der Waals surface area contributed by atoms with Crippen molar-refractivity contribution in [1.82, 2.24) is 25.4 Å². The molecule has 1 aromatic rings. The van der Waals surface area contributed by atoms with Crippen molar-refractivity contribution in [2.45, 2.75) is 26.3 Å². The normalized spacial score (nSPS) is 12.9. The second kappa shape index (κ2) is 7.36. The van der Waals surface area contributed by atoms with Crippen molar-refractivity contribution in [3.8, 4) is 0 Å². The molecular weight excluding hydrogens is 190 g/mol. The number of hydrogen-bond donors (Lipinski definition) is 2. The highest BCUT2D eigenvalue weighted by atomic mass is 15.3.